The van der Waals surface area contributed by atoms with Gasteiger partial charge in [-0.25, -0.2) is 4.79 Å². The molecule has 0 aromatic heterocycles. The quantitative estimate of drug-likeness (QED) is 0.764. The van der Waals surface area contributed by atoms with Crippen LogP contribution in [0.3, 0.4) is 0 Å². The molecule has 2 amide bonds. The summed E-state index contributed by atoms with van der Waals surface area (Å²) in [5.41, 5.74) is 1.18. The summed E-state index contributed by atoms with van der Waals surface area (Å²) < 4.78 is 0. The van der Waals surface area contributed by atoms with E-state index < -0.39 is 18.0 Å². The van der Waals surface area contributed by atoms with Crippen LogP contribution in [0.1, 0.15) is 25.8 Å². The Hall–Kier alpha value is -1.46. The smallest absolute Gasteiger partial charge is 0.319 e. The Morgan fingerprint density at radius 3 is 2.38 bits per heavy atom. The number of halogens is 2. The molecule has 1 unspecified atom stereocenters. The van der Waals surface area contributed by atoms with Crippen LogP contribution in [0.4, 0.5) is 10.5 Å². The lowest BCUT2D eigenvalue weighted by atomic mass is 10.0. The van der Waals surface area contributed by atoms with Crippen LogP contribution in [0.2, 0.25) is 10.0 Å². The molecular weight excluding hydrogens is 315 g/mol. The van der Waals surface area contributed by atoms with Gasteiger partial charge in [-0.2, -0.15) is 0 Å². The second-order valence-corrected chi connectivity index (χ2v) is 5.94. The number of hydrogen-bond donors (Lipinski definition) is 3. The van der Waals surface area contributed by atoms with E-state index in [1.54, 1.807) is 19.1 Å². The van der Waals surface area contributed by atoms with Crippen LogP contribution >= 0.6 is 23.2 Å². The largest absolute Gasteiger partial charge is 0.481 e. The number of nitrogens with one attached hydrogen (secondary N) is 2. The maximum absolute atomic E-state index is 11.9. The molecule has 3 N–H and O–H groups in total. The number of carbonyl (C=O) groups excluding carboxylic acids is 1. The number of anilines is 1. The molecule has 0 heterocycles. The standard InChI is InChI=1S/C14H18Cl2N2O3/c1-7(2)11(6-13(19)20)17-14(21)18-12-5-9(15)8(3)4-10(12)16/h4-5,7,11H,6H2,1-3H3,(H,19,20)(H2,17,18,21). The minimum Gasteiger partial charge on any atom is -0.481 e. The van der Waals surface area contributed by atoms with Crippen LogP contribution in [0.5, 0.6) is 0 Å². The molecular formula is C14H18Cl2N2O3. The number of aryl methyl sites for hydroxylation is 1. The first-order valence-corrected chi connectivity index (χ1v) is 7.21. The summed E-state index contributed by atoms with van der Waals surface area (Å²) in [6, 6.07) is 2.22. The summed E-state index contributed by atoms with van der Waals surface area (Å²) in [5.74, 6) is -0.977. The third kappa shape index (κ3) is 5.44. The van der Waals surface area contributed by atoms with E-state index in [1.165, 1.54) is 0 Å². The van der Waals surface area contributed by atoms with Crippen LogP contribution in [-0.4, -0.2) is 23.1 Å². The number of urea groups is 1. The molecule has 5 nitrogen and oxygen atoms in total. The van der Waals surface area contributed by atoms with Gasteiger partial charge in [0.15, 0.2) is 0 Å². The van der Waals surface area contributed by atoms with Gasteiger partial charge in [-0.05, 0) is 30.5 Å². The number of aliphatic carboxylic acids is 1. The van der Waals surface area contributed by atoms with Gasteiger partial charge in [-0.15, -0.1) is 0 Å². The fourth-order valence-electron chi connectivity index (χ4n) is 1.71. The summed E-state index contributed by atoms with van der Waals surface area (Å²) in [5, 5.41) is 14.9. The van der Waals surface area contributed by atoms with Crippen molar-refractivity contribution in [1.82, 2.24) is 5.32 Å². The molecule has 0 saturated carbocycles. The van der Waals surface area contributed by atoms with E-state index in [1.807, 2.05) is 13.8 Å². The van der Waals surface area contributed by atoms with Gasteiger partial charge in [0.1, 0.15) is 0 Å². The zero-order chi connectivity index (χ0) is 16.2. The lowest BCUT2D eigenvalue weighted by molar-refractivity contribution is -0.137. The van der Waals surface area contributed by atoms with E-state index in [2.05, 4.69) is 10.6 Å². The Labute approximate surface area is 133 Å². The fraction of sp³-hybridized carbons (Fsp3) is 0.429. The number of carbonyl (C=O) groups is 2. The van der Waals surface area contributed by atoms with Crippen LogP contribution < -0.4 is 10.6 Å². The Morgan fingerprint density at radius 1 is 1.24 bits per heavy atom. The highest BCUT2D eigenvalue weighted by Crippen LogP contribution is 2.28. The van der Waals surface area contributed by atoms with Crippen LogP contribution in [0.25, 0.3) is 0 Å². The van der Waals surface area contributed by atoms with Crippen molar-refractivity contribution in [3.05, 3.63) is 27.7 Å². The summed E-state index contributed by atoms with van der Waals surface area (Å²) in [6.45, 7) is 5.48. The normalized spacial score (nSPS) is 12.1. The van der Waals surface area contributed by atoms with Crippen molar-refractivity contribution < 1.29 is 14.7 Å². The summed E-state index contributed by atoms with van der Waals surface area (Å²) in [7, 11) is 0. The molecule has 1 aromatic rings. The van der Waals surface area contributed by atoms with Gasteiger partial charge in [0.25, 0.3) is 0 Å². The van der Waals surface area contributed by atoms with Crippen molar-refractivity contribution in [3.63, 3.8) is 0 Å². The zero-order valence-electron chi connectivity index (χ0n) is 12.0. The molecule has 21 heavy (non-hydrogen) atoms. The monoisotopic (exact) mass is 332 g/mol. The summed E-state index contributed by atoms with van der Waals surface area (Å²) in [6.07, 6.45) is -0.145. The molecule has 0 fully saturated rings. The SMILES string of the molecule is Cc1cc(Cl)c(NC(=O)NC(CC(=O)O)C(C)C)cc1Cl. The number of benzene rings is 1. The summed E-state index contributed by atoms with van der Waals surface area (Å²) >= 11 is 12.0. The minimum atomic E-state index is -0.967. The van der Waals surface area contributed by atoms with Crippen molar-refractivity contribution in [2.24, 2.45) is 5.92 Å². The first-order chi connectivity index (χ1) is 9.70. The molecule has 1 aromatic carbocycles. The van der Waals surface area contributed by atoms with E-state index in [4.69, 9.17) is 28.3 Å². The Balaban J connectivity index is 2.76. The van der Waals surface area contributed by atoms with E-state index in [9.17, 15) is 9.59 Å². The number of amides is 2. The first kappa shape index (κ1) is 17.6. The van der Waals surface area contributed by atoms with Gasteiger partial charge < -0.3 is 15.7 Å². The molecule has 0 aliphatic carbocycles. The third-order valence-electron chi connectivity index (χ3n) is 3.01. The Kier molecular flexibility index (Phi) is 6.30. The molecule has 1 atom stereocenters. The average molecular weight is 333 g/mol. The third-order valence-corrected chi connectivity index (χ3v) is 3.73. The lowest BCUT2D eigenvalue weighted by Gasteiger charge is -2.21. The molecule has 0 radical (unpaired) electrons. The van der Waals surface area contributed by atoms with Crippen LogP contribution in [0.15, 0.2) is 12.1 Å². The second kappa shape index (κ2) is 7.52. The average Bonchev–Trinajstić information content (AvgIpc) is 2.34. The van der Waals surface area contributed by atoms with Gasteiger partial charge >= 0.3 is 12.0 Å². The van der Waals surface area contributed by atoms with E-state index in [0.717, 1.165) is 5.56 Å². The van der Waals surface area contributed by atoms with Gasteiger partial charge in [0.05, 0.1) is 17.1 Å². The molecule has 1 rings (SSSR count). The van der Waals surface area contributed by atoms with Crippen molar-refractivity contribution in [2.75, 3.05) is 5.32 Å². The minimum absolute atomic E-state index is 0.0103. The highest BCUT2D eigenvalue weighted by Gasteiger charge is 2.20. The molecule has 0 aliphatic rings. The van der Waals surface area contributed by atoms with Crippen molar-refractivity contribution in [1.29, 1.82) is 0 Å². The number of rotatable bonds is 5. The molecule has 7 heteroatoms. The van der Waals surface area contributed by atoms with Gasteiger partial charge in [0.2, 0.25) is 0 Å². The molecule has 0 saturated heterocycles. The zero-order valence-corrected chi connectivity index (χ0v) is 13.5. The summed E-state index contributed by atoms with van der Waals surface area (Å²) in [4.78, 5) is 22.7. The van der Waals surface area contributed by atoms with Gasteiger partial charge in [-0.1, -0.05) is 37.0 Å². The molecule has 0 spiro atoms. The Bertz CT molecular complexity index is 547. The fourth-order valence-corrected chi connectivity index (χ4v) is 2.14. The predicted octanol–water partition coefficient (Wildman–Crippen LogP) is 3.92. The van der Waals surface area contributed by atoms with Crippen molar-refractivity contribution in [3.8, 4) is 0 Å². The first-order valence-electron chi connectivity index (χ1n) is 6.45. The topological polar surface area (TPSA) is 78.4 Å². The van der Waals surface area contributed by atoms with Crippen LogP contribution in [0, 0.1) is 12.8 Å². The van der Waals surface area contributed by atoms with Gasteiger partial charge in [-0.3, -0.25) is 4.79 Å². The predicted molar refractivity (Wildman–Crippen MR) is 84.2 cm³/mol. The number of hydrogen-bond acceptors (Lipinski definition) is 2. The maximum atomic E-state index is 11.9. The maximum Gasteiger partial charge on any atom is 0.319 e. The Morgan fingerprint density at radius 2 is 1.86 bits per heavy atom. The van der Waals surface area contributed by atoms with E-state index >= 15 is 0 Å². The number of carboxylic acids is 1. The van der Waals surface area contributed by atoms with Crippen molar-refractivity contribution >= 4 is 40.9 Å². The highest BCUT2D eigenvalue weighted by atomic mass is 35.5. The number of carboxylic acid groups (broad SMARTS) is 1. The molecule has 0 aliphatic heterocycles. The lowest BCUT2D eigenvalue weighted by Crippen LogP contribution is -2.42. The van der Waals surface area contributed by atoms with E-state index in [-0.39, 0.29) is 12.3 Å². The van der Waals surface area contributed by atoms with E-state index in [0.29, 0.717) is 15.7 Å². The molecule has 116 valence electrons. The second-order valence-electron chi connectivity index (χ2n) is 5.13. The highest BCUT2D eigenvalue weighted by molar-refractivity contribution is 6.36. The van der Waals surface area contributed by atoms with Gasteiger partial charge in [0, 0.05) is 11.1 Å². The molecule has 0 bridgehead atoms. The van der Waals surface area contributed by atoms with Crippen molar-refractivity contribution in [2.45, 2.75) is 33.2 Å². The van der Waals surface area contributed by atoms with Crippen LogP contribution in [-0.2, 0) is 4.79 Å².